The summed E-state index contributed by atoms with van der Waals surface area (Å²) >= 11 is 5.95. The van der Waals surface area contributed by atoms with Crippen molar-refractivity contribution in [1.82, 2.24) is 10.2 Å². The van der Waals surface area contributed by atoms with Gasteiger partial charge in [-0.1, -0.05) is 41.9 Å². The second-order valence-corrected chi connectivity index (χ2v) is 6.14. The summed E-state index contributed by atoms with van der Waals surface area (Å²) in [6.45, 7) is 0.952. The molecule has 0 amide bonds. The zero-order valence-corrected chi connectivity index (χ0v) is 14.8. The van der Waals surface area contributed by atoms with Gasteiger partial charge in [0.05, 0.1) is 11.6 Å². The molecule has 7 heteroatoms. The van der Waals surface area contributed by atoms with Crippen LogP contribution < -0.4 is 16.2 Å². The highest BCUT2D eigenvalue weighted by atomic mass is 35.5. The summed E-state index contributed by atoms with van der Waals surface area (Å²) in [5.74, 6) is 0.542. The van der Waals surface area contributed by atoms with Gasteiger partial charge < -0.3 is 21.3 Å². The SMILES string of the molecule is NCc1ccc(CCOc2cc(-c3cccc(Cl)c3O)nnc2N)cc1. The van der Waals surface area contributed by atoms with Crippen LogP contribution in [0.1, 0.15) is 11.1 Å². The highest BCUT2D eigenvalue weighted by Gasteiger charge is 2.12. The van der Waals surface area contributed by atoms with Gasteiger partial charge in [-0.25, -0.2) is 0 Å². The first-order valence-corrected chi connectivity index (χ1v) is 8.48. The van der Waals surface area contributed by atoms with E-state index >= 15 is 0 Å². The number of aromatic nitrogens is 2. The molecule has 3 aromatic rings. The molecule has 2 aromatic carbocycles. The standard InChI is InChI=1S/C19H19ClN4O2/c20-15-3-1-2-14(18(15)25)16-10-17(19(22)24-23-16)26-9-8-12-4-6-13(11-21)7-5-12/h1-7,10,25H,8-9,11,21H2,(H2,22,24). The molecule has 0 atom stereocenters. The maximum atomic E-state index is 10.1. The van der Waals surface area contributed by atoms with E-state index in [-0.39, 0.29) is 16.6 Å². The van der Waals surface area contributed by atoms with Crippen molar-refractivity contribution in [3.63, 3.8) is 0 Å². The topological polar surface area (TPSA) is 107 Å². The quantitative estimate of drug-likeness (QED) is 0.615. The third-order valence-corrected chi connectivity index (χ3v) is 4.26. The number of nitrogens with zero attached hydrogens (tertiary/aromatic N) is 2. The minimum atomic E-state index is -0.0563. The Labute approximate surface area is 156 Å². The Balaban J connectivity index is 1.72. The largest absolute Gasteiger partial charge is 0.506 e. The molecule has 0 saturated carbocycles. The first kappa shape index (κ1) is 18.0. The van der Waals surface area contributed by atoms with Crippen LogP contribution in [0.5, 0.6) is 11.5 Å². The van der Waals surface area contributed by atoms with Gasteiger partial charge in [0.15, 0.2) is 11.6 Å². The van der Waals surface area contributed by atoms with Crippen molar-refractivity contribution in [2.24, 2.45) is 5.73 Å². The van der Waals surface area contributed by atoms with Crippen molar-refractivity contribution in [2.45, 2.75) is 13.0 Å². The molecule has 0 aliphatic heterocycles. The predicted octanol–water partition coefficient (Wildman–Crippen LogP) is 3.17. The fourth-order valence-corrected chi connectivity index (χ4v) is 2.65. The Kier molecular flexibility index (Phi) is 5.55. The van der Waals surface area contributed by atoms with Crippen molar-refractivity contribution in [2.75, 3.05) is 12.3 Å². The second-order valence-electron chi connectivity index (χ2n) is 5.73. The average Bonchev–Trinajstić information content (AvgIpc) is 2.66. The average molecular weight is 371 g/mol. The number of phenols is 1. The molecule has 26 heavy (non-hydrogen) atoms. The Hall–Kier alpha value is -2.83. The molecule has 0 fully saturated rings. The van der Waals surface area contributed by atoms with Crippen LogP contribution >= 0.6 is 11.6 Å². The lowest BCUT2D eigenvalue weighted by molar-refractivity contribution is 0.322. The van der Waals surface area contributed by atoms with Crippen LogP contribution in [0.15, 0.2) is 48.5 Å². The molecule has 0 aliphatic carbocycles. The highest BCUT2D eigenvalue weighted by Crippen LogP contribution is 2.35. The molecule has 1 aromatic heterocycles. The molecule has 0 unspecified atom stereocenters. The van der Waals surface area contributed by atoms with Gasteiger partial charge in [0.1, 0.15) is 11.4 Å². The Morgan fingerprint density at radius 1 is 1.04 bits per heavy atom. The number of ether oxygens (including phenoxy) is 1. The van der Waals surface area contributed by atoms with Gasteiger partial charge in [0.25, 0.3) is 0 Å². The van der Waals surface area contributed by atoms with E-state index in [1.54, 1.807) is 24.3 Å². The molecular formula is C19H19ClN4O2. The predicted molar refractivity (Wildman–Crippen MR) is 102 cm³/mol. The van der Waals surface area contributed by atoms with Gasteiger partial charge in [-0.3, -0.25) is 0 Å². The summed E-state index contributed by atoms with van der Waals surface area (Å²) < 4.78 is 5.76. The molecule has 0 aliphatic rings. The van der Waals surface area contributed by atoms with Crippen LogP contribution in [0.25, 0.3) is 11.3 Å². The number of benzene rings is 2. The molecule has 5 N–H and O–H groups in total. The van der Waals surface area contributed by atoms with E-state index in [2.05, 4.69) is 10.2 Å². The van der Waals surface area contributed by atoms with E-state index in [1.807, 2.05) is 24.3 Å². The number of aromatic hydroxyl groups is 1. The molecule has 0 spiro atoms. The van der Waals surface area contributed by atoms with Gasteiger partial charge in [0, 0.05) is 24.6 Å². The van der Waals surface area contributed by atoms with Gasteiger partial charge in [0.2, 0.25) is 0 Å². The summed E-state index contributed by atoms with van der Waals surface area (Å²) in [6, 6.07) is 14.7. The van der Waals surface area contributed by atoms with Gasteiger partial charge in [-0.15, -0.1) is 10.2 Å². The molecule has 0 saturated heterocycles. The summed E-state index contributed by atoms with van der Waals surface area (Å²) in [5.41, 5.74) is 14.6. The fourth-order valence-electron chi connectivity index (χ4n) is 2.47. The first-order chi connectivity index (χ1) is 12.6. The molecule has 3 rings (SSSR count). The number of nitrogen functional groups attached to an aromatic ring is 1. The minimum absolute atomic E-state index is 0.0563. The maximum Gasteiger partial charge on any atom is 0.188 e. The third kappa shape index (κ3) is 4.04. The molecule has 0 radical (unpaired) electrons. The third-order valence-electron chi connectivity index (χ3n) is 3.96. The van der Waals surface area contributed by atoms with Crippen LogP contribution in [-0.4, -0.2) is 21.9 Å². The number of para-hydroxylation sites is 1. The smallest absolute Gasteiger partial charge is 0.188 e. The lowest BCUT2D eigenvalue weighted by Crippen LogP contribution is -2.06. The van der Waals surface area contributed by atoms with Crippen LogP contribution in [0.4, 0.5) is 5.82 Å². The number of phenolic OH excluding ortho intramolecular Hbond substituents is 1. The number of nitrogens with two attached hydrogens (primary N) is 2. The van der Waals surface area contributed by atoms with E-state index in [9.17, 15) is 5.11 Å². The first-order valence-electron chi connectivity index (χ1n) is 8.10. The van der Waals surface area contributed by atoms with Crippen LogP contribution in [0, 0.1) is 0 Å². The Morgan fingerprint density at radius 2 is 1.77 bits per heavy atom. The van der Waals surface area contributed by atoms with E-state index < -0.39 is 0 Å². The molecule has 1 heterocycles. The fraction of sp³-hybridized carbons (Fsp3) is 0.158. The van der Waals surface area contributed by atoms with Gasteiger partial charge >= 0.3 is 0 Å². The number of hydrogen-bond acceptors (Lipinski definition) is 6. The Morgan fingerprint density at radius 3 is 2.50 bits per heavy atom. The van der Waals surface area contributed by atoms with Crippen LogP contribution in [0.2, 0.25) is 5.02 Å². The molecule has 134 valence electrons. The molecular weight excluding hydrogens is 352 g/mol. The second kappa shape index (κ2) is 8.03. The normalized spacial score (nSPS) is 10.7. The monoisotopic (exact) mass is 370 g/mol. The van der Waals surface area contributed by atoms with Crippen molar-refractivity contribution in [3.05, 3.63) is 64.7 Å². The summed E-state index contributed by atoms with van der Waals surface area (Å²) in [7, 11) is 0. The number of hydrogen-bond donors (Lipinski definition) is 3. The zero-order chi connectivity index (χ0) is 18.5. The molecule has 6 nitrogen and oxygen atoms in total. The van der Waals surface area contributed by atoms with Crippen LogP contribution in [0.3, 0.4) is 0 Å². The van der Waals surface area contributed by atoms with Crippen LogP contribution in [-0.2, 0) is 13.0 Å². The van der Waals surface area contributed by atoms with Gasteiger partial charge in [-0.05, 0) is 23.3 Å². The van der Waals surface area contributed by atoms with E-state index in [0.29, 0.717) is 36.6 Å². The van der Waals surface area contributed by atoms with Crippen molar-refractivity contribution < 1.29 is 9.84 Å². The lowest BCUT2D eigenvalue weighted by atomic mass is 10.1. The van der Waals surface area contributed by atoms with Gasteiger partial charge in [-0.2, -0.15) is 0 Å². The minimum Gasteiger partial charge on any atom is -0.506 e. The van der Waals surface area contributed by atoms with E-state index in [1.165, 1.54) is 0 Å². The number of anilines is 1. The number of halogens is 1. The zero-order valence-electron chi connectivity index (χ0n) is 14.0. The summed E-state index contributed by atoms with van der Waals surface area (Å²) in [6.07, 6.45) is 0.713. The van der Waals surface area contributed by atoms with E-state index in [4.69, 9.17) is 27.8 Å². The highest BCUT2D eigenvalue weighted by molar-refractivity contribution is 6.32. The summed E-state index contributed by atoms with van der Waals surface area (Å²) in [4.78, 5) is 0. The van der Waals surface area contributed by atoms with Crippen molar-refractivity contribution in [3.8, 4) is 22.8 Å². The van der Waals surface area contributed by atoms with Crippen molar-refractivity contribution >= 4 is 17.4 Å². The lowest BCUT2D eigenvalue weighted by Gasteiger charge is -2.10. The van der Waals surface area contributed by atoms with E-state index in [0.717, 1.165) is 11.1 Å². The van der Waals surface area contributed by atoms with Crippen molar-refractivity contribution in [1.29, 1.82) is 0 Å². The summed E-state index contributed by atoms with van der Waals surface area (Å²) in [5, 5.41) is 18.3. The Bertz CT molecular complexity index is 901. The number of rotatable bonds is 6. The molecule has 0 bridgehead atoms. The maximum absolute atomic E-state index is 10.1.